The molecule has 1 atom stereocenters. The Morgan fingerprint density at radius 2 is 2.00 bits per heavy atom. The molecule has 0 aromatic carbocycles. The smallest absolute Gasteiger partial charge is 0.303 e. The van der Waals surface area contributed by atoms with Crippen LogP contribution >= 0.6 is 0 Å². The fourth-order valence-corrected chi connectivity index (χ4v) is 1.35. The molecule has 0 aliphatic heterocycles. The van der Waals surface area contributed by atoms with Crippen LogP contribution in [0.3, 0.4) is 0 Å². The van der Waals surface area contributed by atoms with Crippen molar-refractivity contribution < 1.29 is 14.7 Å². The Hall–Kier alpha value is -1.10. The van der Waals surface area contributed by atoms with Crippen molar-refractivity contribution in [1.29, 1.82) is 0 Å². The van der Waals surface area contributed by atoms with E-state index in [2.05, 4.69) is 5.32 Å². The second-order valence-corrected chi connectivity index (χ2v) is 4.11. The third kappa shape index (κ3) is 9.45. The summed E-state index contributed by atoms with van der Waals surface area (Å²) < 4.78 is 0. The summed E-state index contributed by atoms with van der Waals surface area (Å²) in [6.45, 7) is 2.90. The third-order valence-electron chi connectivity index (χ3n) is 2.28. The number of carbonyl (C=O) groups excluding carboxylic acids is 1. The minimum absolute atomic E-state index is 0.00531. The molecule has 0 radical (unpaired) electrons. The van der Waals surface area contributed by atoms with Crippen LogP contribution in [0.2, 0.25) is 0 Å². The third-order valence-corrected chi connectivity index (χ3v) is 2.28. The van der Waals surface area contributed by atoms with Crippen LogP contribution in [-0.4, -0.2) is 30.1 Å². The summed E-state index contributed by atoms with van der Waals surface area (Å²) in [5.74, 6) is -0.857. The van der Waals surface area contributed by atoms with E-state index >= 15 is 0 Å². The molecule has 94 valence electrons. The highest BCUT2D eigenvalue weighted by Gasteiger charge is 2.08. The second kappa shape index (κ2) is 9.15. The number of nitrogens with two attached hydrogens (primary N) is 1. The Bertz CT molecular complexity index is 219. The summed E-state index contributed by atoms with van der Waals surface area (Å²) in [4.78, 5) is 21.7. The highest BCUT2D eigenvalue weighted by molar-refractivity contribution is 5.75. The lowest BCUT2D eigenvalue weighted by Crippen LogP contribution is -2.28. The molecule has 0 saturated carbocycles. The summed E-state index contributed by atoms with van der Waals surface area (Å²) in [6.07, 6.45) is 3.35. The van der Waals surface area contributed by atoms with Crippen molar-refractivity contribution in [3.05, 3.63) is 0 Å². The van der Waals surface area contributed by atoms with Gasteiger partial charge in [-0.2, -0.15) is 0 Å². The average Bonchev–Trinajstić information content (AvgIpc) is 2.20. The van der Waals surface area contributed by atoms with E-state index in [0.717, 1.165) is 19.3 Å². The Kier molecular flexibility index (Phi) is 8.52. The molecule has 0 bridgehead atoms. The van der Waals surface area contributed by atoms with Gasteiger partial charge in [-0.05, 0) is 25.3 Å². The number of carboxylic acid groups (broad SMARTS) is 1. The average molecular weight is 230 g/mol. The Morgan fingerprint density at radius 1 is 1.31 bits per heavy atom. The fourth-order valence-electron chi connectivity index (χ4n) is 1.35. The van der Waals surface area contributed by atoms with Gasteiger partial charge in [0.05, 0.1) is 0 Å². The molecule has 1 amide bonds. The van der Waals surface area contributed by atoms with E-state index in [1.54, 1.807) is 0 Å². The number of rotatable bonds is 9. The maximum Gasteiger partial charge on any atom is 0.303 e. The normalized spacial score (nSPS) is 12.1. The van der Waals surface area contributed by atoms with Gasteiger partial charge in [0.2, 0.25) is 5.91 Å². The summed E-state index contributed by atoms with van der Waals surface area (Å²) in [5, 5.41) is 11.3. The molecule has 4 N–H and O–H groups in total. The lowest BCUT2D eigenvalue weighted by molar-refractivity contribution is -0.138. The van der Waals surface area contributed by atoms with Crippen molar-refractivity contribution in [3.8, 4) is 0 Å². The van der Waals surface area contributed by atoms with Gasteiger partial charge in [-0.25, -0.2) is 0 Å². The Balaban J connectivity index is 3.45. The molecular weight excluding hydrogens is 208 g/mol. The molecule has 5 nitrogen and oxygen atoms in total. The first-order valence-corrected chi connectivity index (χ1v) is 5.74. The van der Waals surface area contributed by atoms with E-state index < -0.39 is 5.97 Å². The van der Waals surface area contributed by atoms with Crippen LogP contribution < -0.4 is 11.1 Å². The first kappa shape index (κ1) is 14.9. The van der Waals surface area contributed by atoms with Crippen molar-refractivity contribution >= 4 is 11.9 Å². The minimum atomic E-state index is -0.829. The summed E-state index contributed by atoms with van der Waals surface area (Å²) in [5.41, 5.74) is 5.33. The van der Waals surface area contributed by atoms with Crippen LogP contribution in [0.4, 0.5) is 0 Å². The number of carboxylic acids is 1. The Labute approximate surface area is 96.4 Å². The standard InChI is InChI=1S/C11H22N2O3/c1-9(7-11(15)16)8-13-10(14)5-3-2-4-6-12/h9H,2-8,12H2,1H3,(H,13,14)(H,15,16). The summed E-state index contributed by atoms with van der Waals surface area (Å²) in [6, 6.07) is 0. The molecule has 0 aromatic rings. The van der Waals surface area contributed by atoms with E-state index in [1.165, 1.54) is 0 Å². The topological polar surface area (TPSA) is 92.4 Å². The number of aliphatic carboxylic acids is 1. The van der Waals surface area contributed by atoms with E-state index in [0.29, 0.717) is 19.5 Å². The van der Waals surface area contributed by atoms with Crippen molar-refractivity contribution in [2.24, 2.45) is 11.7 Å². The first-order valence-electron chi connectivity index (χ1n) is 5.74. The molecule has 0 fully saturated rings. The van der Waals surface area contributed by atoms with Gasteiger partial charge < -0.3 is 16.2 Å². The zero-order valence-corrected chi connectivity index (χ0v) is 9.87. The largest absolute Gasteiger partial charge is 0.481 e. The minimum Gasteiger partial charge on any atom is -0.481 e. The van der Waals surface area contributed by atoms with Crippen LogP contribution in [-0.2, 0) is 9.59 Å². The SMILES string of the molecule is CC(CNC(=O)CCCCCN)CC(=O)O. The van der Waals surface area contributed by atoms with Crippen LogP contribution in [0.5, 0.6) is 0 Å². The van der Waals surface area contributed by atoms with Gasteiger partial charge in [-0.1, -0.05) is 13.3 Å². The molecule has 0 aromatic heterocycles. The molecule has 0 saturated heterocycles. The first-order chi connectivity index (χ1) is 7.56. The molecule has 0 aliphatic rings. The van der Waals surface area contributed by atoms with Crippen LogP contribution in [0.15, 0.2) is 0 Å². The lowest BCUT2D eigenvalue weighted by Gasteiger charge is -2.10. The van der Waals surface area contributed by atoms with Gasteiger partial charge in [0.1, 0.15) is 0 Å². The predicted octanol–water partition coefficient (Wildman–Crippen LogP) is 0.733. The highest BCUT2D eigenvalue weighted by Crippen LogP contribution is 2.01. The van der Waals surface area contributed by atoms with Crippen molar-refractivity contribution in [2.45, 2.75) is 39.0 Å². The van der Waals surface area contributed by atoms with Crippen LogP contribution in [0.1, 0.15) is 39.0 Å². The number of hydrogen-bond acceptors (Lipinski definition) is 3. The van der Waals surface area contributed by atoms with Gasteiger partial charge in [-0.15, -0.1) is 0 Å². The quantitative estimate of drug-likeness (QED) is 0.509. The van der Waals surface area contributed by atoms with Gasteiger partial charge in [-0.3, -0.25) is 9.59 Å². The molecule has 0 spiro atoms. The van der Waals surface area contributed by atoms with Crippen LogP contribution in [0.25, 0.3) is 0 Å². The molecule has 5 heteroatoms. The number of carbonyl (C=O) groups is 2. The van der Waals surface area contributed by atoms with E-state index in [-0.39, 0.29) is 18.2 Å². The Morgan fingerprint density at radius 3 is 2.56 bits per heavy atom. The summed E-state index contributed by atoms with van der Waals surface area (Å²) >= 11 is 0. The number of hydrogen-bond donors (Lipinski definition) is 3. The van der Waals surface area contributed by atoms with Gasteiger partial charge >= 0.3 is 5.97 Å². The van der Waals surface area contributed by atoms with E-state index in [4.69, 9.17) is 10.8 Å². The van der Waals surface area contributed by atoms with Gasteiger partial charge in [0, 0.05) is 19.4 Å². The highest BCUT2D eigenvalue weighted by atomic mass is 16.4. The van der Waals surface area contributed by atoms with Crippen molar-refractivity contribution in [3.63, 3.8) is 0 Å². The second-order valence-electron chi connectivity index (χ2n) is 4.11. The van der Waals surface area contributed by atoms with Crippen molar-refractivity contribution in [2.75, 3.05) is 13.1 Å². The maximum absolute atomic E-state index is 11.3. The fraction of sp³-hybridized carbons (Fsp3) is 0.818. The summed E-state index contributed by atoms with van der Waals surface area (Å²) in [7, 11) is 0. The number of amides is 1. The van der Waals surface area contributed by atoms with Gasteiger partial charge in [0.25, 0.3) is 0 Å². The molecular formula is C11H22N2O3. The zero-order valence-electron chi connectivity index (χ0n) is 9.87. The number of unbranched alkanes of at least 4 members (excludes halogenated alkanes) is 2. The van der Waals surface area contributed by atoms with Crippen LogP contribution in [0, 0.1) is 5.92 Å². The zero-order chi connectivity index (χ0) is 12.4. The predicted molar refractivity (Wildman–Crippen MR) is 61.9 cm³/mol. The molecule has 1 unspecified atom stereocenters. The molecule has 0 aliphatic carbocycles. The van der Waals surface area contributed by atoms with Crippen molar-refractivity contribution in [1.82, 2.24) is 5.32 Å². The number of nitrogens with one attached hydrogen (secondary N) is 1. The maximum atomic E-state index is 11.3. The van der Waals surface area contributed by atoms with E-state index in [9.17, 15) is 9.59 Å². The lowest BCUT2D eigenvalue weighted by atomic mass is 10.1. The monoisotopic (exact) mass is 230 g/mol. The molecule has 0 heterocycles. The molecule has 0 rings (SSSR count). The van der Waals surface area contributed by atoms with E-state index in [1.807, 2.05) is 6.92 Å². The van der Waals surface area contributed by atoms with Gasteiger partial charge in [0.15, 0.2) is 0 Å². The molecule has 16 heavy (non-hydrogen) atoms.